The van der Waals surface area contributed by atoms with Gasteiger partial charge in [-0.3, -0.25) is 14.5 Å². The Bertz CT molecular complexity index is 894. The monoisotopic (exact) mass is 367 g/mol. The number of hydrogen-bond acceptors (Lipinski definition) is 4. The summed E-state index contributed by atoms with van der Waals surface area (Å²) < 4.78 is 5.12. The van der Waals surface area contributed by atoms with E-state index in [9.17, 15) is 14.4 Å². The molecule has 4 amide bonds. The molecule has 1 aliphatic heterocycles. The third-order valence-corrected chi connectivity index (χ3v) is 4.55. The van der Waals surface area contributed by atoms with Gasteiger partial charge < -0.3 is 15.4 Å². The van der Waals surface area contributed by atoms with Gasteiger partial charge in [0, 0.05) is 5.69 Å². The van der Waals surface area contributed by atoms with E-state index in [1.807, 2.05) is 25.1 Å². The zero-order valence-electron chi connectivity index (χ0n) is 15.4. The Morgan fingerprint density at radius 3 is 2.52 bits per heavy atom. The van der Waals surface area contributed by atoms with Crippen LogP contribution in [-0.2, 0) is 15.1 Å². The number of carbonyl (C=O) groups excluding carboxylic acids is 3. The van der Waals surface area contributed by atoms with Crippen molar-refractivity contribution >= 4 is 23.5 Å². The molecule has 2 aromatic carbocycles. The van der Waals surface area contributed by atoms with Gasteiger partial charge in [-0.05, 0) is 49.2 Å². The highest BCUT2D eigenvalue weighted by Gasteiger charge is 2.49. The maximum Gasteiger partial charge on any atom is 0.325 e. The summed E-state index contributed by atoms with van der Waals surface area (Å²) in [4.78, 5) is 38.4. The van der Waals surface area contributed by atoms with E-state index in [0.717, 1.165) is 10.5 Å². The van der Waals surface area contributed by atoms with Crippen LogP contribution in [0.2, 0.25) is 0 Å². The number of anilines is 1. The van der Waals surface area contributed by atoms with Crippen molar-refractivity contribution in [3.8, 4) is 5.75 Å². The van der Waals surface area contributed by atoms with Gasteiger partial charge in [-0.25, -0.2) is 4.79 Å². The third kappa shape index (κ3) is 3.62. The van der Waals surface area contributed by atoms with Crippen LogP contribution in [0.25, 0.3) is 0 Å². The number of nitrogens with one attached hydrogen (secondary N) is 2. The Hall–Kier alpha value is -3.35. The number of ether oxygens (including phenoxy) is 1. The highest BCUT2D eigenvalue weighted by Crippen LogP contribution is 2.30. The van der Waals surface area contributed by atoms with E-state index < -0.39 is 23.4 Å². The summed E-state index contributed by atoms with van der Waals surface area (Å²) in [5.41, 5.74) is 0.996. The number of nitrogens with zero attached hydrogens (tertiary/aromatic N) is 1. The van der Waals surface area contributed by atoms with Gasteiger partial charge in [0.15, 0.2) is 0 Å². The van der Waals surface area contributed by atoms with Crippen molar-refractivity contribution in [1.82, 2.24) is 10.2 Å². The number of aryl methyl sites for hydroxylation is 1. The molecular weight excluding hydrogens is 346 g/mol. The maximum atomic E-state index is 12.9. The number of urea groups is 1. The molecule has 0 spiro atoms. The van der Waals surface area contributed by atoms with Crippen LogP contribution < -0.4 is 15.4 Å². The molecule has 2 N–H and O–H groups in total. The number of hydrogen-bond donors (Lipinski definition) is 2. The smallest absolute Gasteiger partial charge is 0.325 e. The highest BCUT2D eigenvalue weighted by molar-refractivity contribution is 6.10. The lowest BCUT2D eigenvalue weighted by Crippen LogP contribution is -2.42. The van der Waals surface area contributed by atoms with Gasteiger partial charge in [-0.1, -0.05) is 24.3 Å². The van der Waals surface area contributed by atoms with E-state index in [0.29, 0.717) is 17.0 Å². The number of rotatable bonds is 5. The van der Waals surface area contributed by atoms with Gasteiger partial charge in [-0.15, -0.1) is 0 Å². The van der Waals surface area contributed by atoms with Crippen molar-refractivity contribution in [2.24, 2.45) is 0 Å². The summed E-state index contributed by atoms with van der Waals surface area (Å²) in [7, 11) is 1.55. The topological polar surface area (TPSA) is 87.7 Å². The molecule has 1 aliphatic rings. The van der Waals surface area contributed by atoms with Crippen LogP contribution in [0.5, 0.6) is 5.75 Å². The standard InChI is InChI=1S/C20H21N3O4/c1-13-5-4-6-15(11-13)21-17(24)12-23-18(25)20(2,22-19(23)26)14-7-9-16(27-3)10-8-14/h4-11H,12H2,1-3H3,(H,21,24)(H,22,26)/t20-/m0/s1. The van der Waals surface area contributed by atoms with E-state index in [4.69, 9.17) is 4.74 Å². The first-order chi connectivity index (χ1) is 12.8. The van der Waals surface area contributed by atoms with Gasteiger partial charge in [-0.2, -0.15) is 0 Å². The van der Waals surface area contributed by atoms with E-state index in [2.05, 4.69) is 10.6 Å². The third-order valence-electron chi connectivity index (χ3n) is 4.55. The quantitative estimate of drug-likeness (QED) is 0.795. The molecule has 0 saturated carbocycles. The maximum absolute atomic E-state index is 12.9. The average Bonchev–Trinajstić information content (AvgIpc) is 2.86. The molecule has 0 radical (unpaired) electrons. The molecule has 0 unspecified atom stereocenters. The minimum atomic E-state index is -1.23. The average molecular weight is 367 g/mol. The van der Waals surface area contributed by atoms with Crippen LogP contribution in [0, 0.1) is 6.92 Å². The summed E-state index contributed by atoms with van der Waals surface area (Å²) in [6.07, 6.45) is 0. The molecule has 0 bridgehead atoms. The normalized spacial score (nSPS) is 19.0. The SMILES string of the molecule is COc1ccc([C@]2(C)NC(=O)N(CC(=O)Nc3cccc(C)c3)C2=O)cc1. The van der Waals surface area contributed by atoms with E-state index in [-0.39, 0.29) is 6.54 Å². The Morgan fingerprint density at radius 1 is 1.19 bits per heavy atom. The van der Waals surface area contributed by atoms with Crippen LogP contribution in [0.15, 0.2) is 48.5 Å². The van der Waals surface area contributed by atoms with Crippen molar-refractivity contribution < 1.29 is 19.1 Å². The van der Waals surface area contributed by atoms with Crippen molar-refractivity contribution in [3.05, 3.63) is 59.7 Å². The van der Waals surface area contributed by atoms with Crippen LogP contribution in [0.1, 0.15) is 18.1 Å². The zero-order chi connectivity index (χ0) is 19.6. The first kappa shape index (κ1) is 18.4. The fourth-order valence-electron chi connectivity index (χ4n) is 3.03. The molecule has 7 heteroatoms. The van der Waals surface area contributed by atoms with Crippen LogP contribution in [0.3, 0.4) is 0 Å². The number of methoxy groups -OCH3 is 1. The number of imide groups is 1. The summed E-state index contributed by atoms with van der Waals surface area (Å²) in [6.45, 7) is 3.17. The number of carbonyl (C=O) groups is 3. The molecule has 1 fully saturated rings. The minimum Gasteiger partial charge on any atom is -0.497 e. The fourth-order valence-corrected chi connectivity index (χ4v) is 3.03. The largest absolute Gasteiger partial charge is 0.497 e. The van der Waals surface area contributed by atoms with Crippen molar-refractivity contribution in [2.45, 2.75) is 19.4 Å². The van der Waals surface area contributed by atoms with E-state index in [1.165, 1.54) is 0 Å². The molecule has 1 atom stereocenters. The Balaban J connectivity index is 1.74. The molecule has 7 nitrogen and oxygen atoms in total. The summed E-state index contributed by atoms with van der Waals surface area (Å²) >= 11 is 0. The Labute approximate surface area is 157 Å². The van der Waals surface area contributed by atoms with Crippen molar-refractivity contribution in [1.29, 1.82) is 0 Å². The van der Waals surface area contributed by atoms with Gasteiger partial charge in [0.1, 0.15) is 17.8 Å². The molecule has 140 valence electrons. The van der Waals surface area contributed by atoms with Crippen molar-refractivity contribution in [2.75, 3.05) is 19.0 Å². The van der Waals surface area contributed by atoms with Gasteiger partial charge in [0.05, 0.1) is 7.11 Å². The first-order valence-corrected chi connectivity index (χ1v) is 8.48. The predicted molar refractivity (Wildman–Crippen MR) is 100 cm³/mol. The lowest BCUT2D eigenvalue weighted by Gasteiger charge is -2.22. The second-order valence-electron chi connectivity index (χ2n) is 6.59. The molecular formula is C20H21N3O4. The van der Waals surface area contributed by atoms with Crippen LogP contribution >= 0.6 is 0 Å². The molecule has 1 heterocycles. The lowest BCUT2D eigenvalue weighted by molar-refractivity contribution is -0.133. The van der Waals surface area contributed by atoms with E-state index in [1.54, 1.807) is 44.4 Å². The molecule has 2 aromatic rings. The van der Waals surface area contributed by atoms with Crippen molar-refractivity contribution in [3.63, 3.8) is 0 Å². The van der Waals surface area contributed by atoms with Crippen LogP contribution in [-0.4, -0.2) is 36.4 Å². The second-order valence-corrected chi connectivity index (χ2v) is 6.59. The summed E-state index contributed by atoms with van der Waals surface area (Å²) in [5, 5.41) is 5.38. The van der Waals surface area contributed by atoms with Gasteiger partial charge in [0.25, 0.3) is 5.91 Å². The summed E-state index contributed by atoms with van der Waals surface area (Å²) in [5.74, 6) is -0.270. The Morgan fingerprint density at radius 2 is 1.89 bits per heavy atom. The number of benzene rings is 2. The molecule has 27 heavy (non-hydrogen) atoms. The van der Waals surface area contributed by atoms with Gasteiger partial charge in [0.2, 0.25) is 5.91 Å². The summed E-state index contributed by atoms with van der Waals surface area (Å²) in [6, 6.07) is 13.6. The molecule has 1 saturated heterocycles. The van der Waals surface area contributed by atoms with Crippen LogP contribution in [0.4, 0.5) is 10.5 Å². The van der Waals surface area contributed by atoms with E-state index >= 15 is 0 Å². The minimum absolute atomic E-state index is 0.357. The fraction of sp³-hybridized carbons (Fsp3) is 0.250. The Kier molecular flexibility index (Phi) is 4.85. The second kappa shape index (κ2) is 7.11. The highest BCUT2D eigenvalue weighted by atomic mass is 16.5. The predicted octanol–water partition coefficient (Wildman–Crippen LogP) is 2.41. The molecule has 0 aromatic heterocycles. The zero-order valence-corrected chi connectivity index (χ0v) is 15.4. The first-order valence-electron chi connectivity index (χ1n) is 8.48. The lowest BCUT2D eigenvalue weighted by atomic mass is 9.92. The molecule has 0 aliphatic carbocycles. The number of amides is 4. The van der Waals surface area contributed by atoms with Gasteiger partial charge >= 0.3 is 6.03 Å². The molecule has 3 rings (SSSR count).